The lowest BCUT2D eigenvalue weighted by Crippen LogP contribution is -2.56. The van der Waals surface area contributed by atoms with Gasteiger partial charge in [0.1, 0.15) is 0 Å². The van der Waals surface area contributed by atoms with Crippen LogP contribution in [-0.2, 0) is 0 Å². The van der Waals surface area contributed by atoms with Crippen molar-refractivity contribution in [3.05, 3.63) is 0 Å². The Morgan fingerprint density at radius 1 is 0.365 bits per heavy atom. The van der Waals surface area contributed by atoms with E-state index < -0.39 is 0 Å². The first-order chi connectivity index (χ1) is 23.4. The van der Waals surface area contributed by atoms with Gasteiger partial charge >= 0.3 is 0 Å². The van der Waals surface area contributed by atoms with E-state index in [-0.39, 0.29) is 44.3 Å². The van der Waals surface area contributed by atoms with E-state index >= 15 is 0 Å². The summed E-state index contributed by atoms with van der Waals surface area (Å²) in [6, 6.07) is 0. The fourth-order valence-corrected chi connectivity index (χ4v) is 10.5. The van der Waals surface area contributed by atoms with Crippen LogP contribution in [0.3, 0.4) is 0 Å². The molecule has 0 saturated carbocycles. The molecule has 5 heterocycles. The molecule has 0 amide bonds. The quantitative estimate of drug-likeness (QED) is 0.120. The standard InChI is InChI=1S/2C9H19NO.2C8H17NO.C3H6S2.C3H8S2/c2*1-8(2)6-5-7-9(3,4)10(8)11;2*1-7(2)5-6-8(3,4)9(7)10;1-2-4-5-3-1;4-2-1-3-5/h2*11H,5-7H2,1-4H3;2*10H,5-6H2,1-4H3;1-3H2;4-5H,1-3H2. The molecule has 0 atom stereocenters. The number of hydrogen-bond acceptors (Lipinski definition) is 12. The van der Waals surface area contributed by atoms with Gasteiger partial charge in [-0.25, -0.2) is 0 Å². The van der Waals surface area contributed by atoms with Gasteiger partial charge in [-0.05, 0) is 199 Å². The van der Waals surface area contributed by atoms with E-state index in [0.717, 1.165) is 69.3 Å². The van der Waals surface area contributed by atoms with Crippen molar-refractivity contribution in [1.29, 1.82) is 0 Å². The molecule has 52 heavy (non-hydrogen) atoms. The minimum Gasteiger partial charge on any atom is -0.313 e. The van der Waals surface area contributed by atoms with Crippen LogP contribution in [-0.4, -0.2) is 108 Å². The Morgan fingerprint density at radius 2 is 0.558 bits per heavy atom. The summed E-state index contributed by atoms with van der Waals surface area (Å²) in [6.45, 7) is 33.3. The molecule has 0 aromatic heterocycles. The zero-order valence-electron chi connectivity index (χ0n) is 36.6. The monoisotopic (exact) mass is 815 g/mol. The number of piperidine rings is 2. The van der Waals surface area contributed by atoms with E-state index in [4.69, 9.17) is 0 Å². The van der Waals surface area contributed by atoms with Gasteiger partial charge in [-0.15, -0.1) is 0 Å². The molecule has 8 nitrogen and oxygen atoms in total. The second-order valence-electron chi connectivity index (χ2n) is 20.3. The fraction of sp³-hybridized carbons (Fsp3) is 1.00. The molecule has 12 heteroatoms. The second kappa shape index (κ2) is 21.7. The summed E-state index contributed by atoms with van der Waals surface area (Å²) in [4.78, 5) is 0. The molecule has 0 aliphatic carbocycles. The van der Waals surface area contributed by atoms with Crippen molar-refractivity contribution >= 4 is 46.8 Å². The van der Waals surface area contributed by atoms with Crippen LogP contribution in [0.15, 0.2) is 0 Å². The smallest absolute Gasteiger partial charge is 0.0411 e. The maximum Gasteiger partial charge on any atom is 0.0411 e. The number of hydrogen-bond donors (Lipinski definition) is 6. The van der Waals surface area contributed by atoms with Gasteiger partial charge in [-0.3, -0.25) is 0 Å². The number of nitrogens with zero attached hydrogens (tertiary/aromatic N) is 4. The first-order valence-electron chi connectivity index (χ1n) is 19.8. The van der Waals surface area contributed by atoms with E-state index in [2.05, 4.69) is 136 Å². The highest BCUT2D eigenvalue weighted by Gasteiger charge is 2.45. The molecular weight excluding hydrogens is 729 g/mol. The Labute approximate surface area is 341 Å². The summed E-state index contributed by atoms with van der Waals surface area (Å²) in [6.07, 6.45) is 13.7. The van der Waals surface area contributed by atoms with E-state index in [1.807, 2.05) is 21.6 Å². The van der Waals surface area contributed by atoms with Crippen molar-refractivity contribution < 1.29 is 20.8 Å². The van der Waals surface area contributed by atoms with Crippen molar-refractivity contribution in [3.63, 3.8) is 0 Å². The van der Waals surface area contributed by atoms with Gasteiger partial charge in [0.2, 0.25) is 0 Å². The first-order valence-corrected chi connectivity index (χ1v) is 23.5. The van der Waals surface area contributed by atoms with Crippen LogP contribution in [0.5, 0.6) is 0 Å². The summed E-state index contributed by atoms with van der Waals surface area (Å²) in [5.74, 6) is 4.68. The Morgan fingerprint density at radius 3 is 0.654 bits per heavy atom. The Kier molecular flexibility index (Phi) is 22.2. The highest BCUT2D eigenvalue weighted by Crippen LogP contribution is 2.40. The number of thiol groups is 2. The van der Waals surface area contributed by atoms with E-state index in [1.165, 1.54) is 51.0 Å². The highest BCUT2D eigenvalue weighted by atomic mass is 33.1. The molecule has 5 aliphatic heterocycles. The molecule has 5 fully saturated rings. The van der Waals surface area contributed by atoms with Crippen LogP contribution in [0.2, 0.25) is 0 Å². The summed E-state index contributed by atoms with van der Waals surface area (Å²) in [7, 11) is 3.98. The minimum absolute atomic E-state index is 0.0243. The van der Waals surface area contributed by atoms with E-state index in [0.29, 0.717) is 0 Å². The van der Waals surface area contributed by atoms with Crippen LogP contribution < -0.4 is 0 Å². The van der Waals surface area contributed by atoms with Gasteiger partial charge in [0.15, 0.2) is 0 Å². The summed E-state index contributed by atoms with van der Waals surface area (Å²) in [5, 5.41) is 44.8. The van der Waals surface area contributed by atoms with Crippen molar-refractivity contribution in [2.24, 2.45) is 0 Å². The van der Waals surface area contributed by atoms with Gasteiger partial charge < -0.3 is 20.8 Å². The molecule has 0 radical (unpaired) electrons. The van der Waals surface area contributed by atoms with E-state index in [1.54, 1.807) is 0 Å². The van der Waals surface area contributed by atoms with Gasteiger partial charge in [-0.1, -0.05) is 21.6 Å². The SMILES string of the molecule is C1CSSC1.CC1(C)CCC(C)(C)N1O.CC1(C)CCC(C)(C)N1O.CC1(C)CCCC(C)(C)N1O.CC1(C)CCCC(C)(C)N1O.SCCCS. The summed E-state index contributed by atoms with van der Waals surface area (Å²) >= 11 is 7.90. The maximum atomic E-state index is 9.80. The third kappa shape index (κ3) is 17.3. The molecule has 5 rings (SSSR count). The Bertz CT molecular complexity index is 860. The number of hydroxylamine groups is 8. The summed E-state index contributed by atoms with van der Waals surface area (Å²) in [5.41, 5.74) is -0.257. The van der Waals surface area contributed by atoms with Crippen molar-refractivity contribution in [1.82, 2.24) is 20.3 Å². The number of rotatable bonds is 2. The largest absolute Gasteiger partial charge is 0.313 e. The van der Waals surface area contributed by atoms with Crippen molar-refractivity contribution in [3.8, 4) is 0 Å². The lowest BCUT2D eigenvalue weighted by atomic mass is 9.82. The van der Waals surface area contributed by atoms with Crippen LogP contribution >= 0.6 is 46.8 Å². The predicted molar refractivity (Wildman–Crippen MR) is 235 cm³/mol. The maximum absolute atomic E-state index is 9.80. The molecule has 0 unspecified atom stereocenters. The van der Waals surface area contributed by atoms with Crippen molar-refractivity contribution in [2.45, 2.75) is 232 Å². The zero-order chi connectivity index (χ0) is 41.0. The molecule has 0 spiro atoms. The molecule has 4 N–H and O–H groups in total. The third-order valence-corrected chi connectivity index (χ3v) is 14.5. The second-order valence-corrected chi connectivity index (χ2v) is 23.8. The first kappa shape index (κ1) is 53.1. The third-order valence-electron chi connectivity index (χ3n) is 11.3. The minimum atomic E-state index is -0.0399. The van der Waals surface area contributed by atoms with E-state index in [9.17, 15) is 20.8 Å². The molecular formula is C40H86N4O4S4. The van der Waals surface area contributed by atoms with Crippen LogP contribution in [0.1, 0.15) is 188 Å². The molecule has 5 saturated heterocycles. The zero-order valence-corrected chi connectivity index (χ0v) is 40.0. The fourth-order valence-electron chi connectivity index (χ4n) is 7.62. The normalized spacial score (nSPS) is 27.8. The lowest BCUT2D eigenvalue weighted by molar-refractivity contribution is -0.241. The lowest BCUT2D eigenvalue weighted by Gasteiger charge is -2.48. The molecule has 0 bridgehead atoms. The van der Waals surface area contributed by atoms with Gasteiger partial charge in [0, 0.05) is 55.8 Å². The van der Waals surface area contributed by atoms with Crippen LogP contribution in [0.4, 0.5) is 0 Å². The van der Waals surface area contributed by atoms with Gasteiger partial charge in [-0.2, -0.15) is 45.5 Å². The molecule has 0 aromatic carbocycles. The summed E-state index contributed by atoms with van der Waals surface area (Å²) < 4.78 is 0. The van der Waals surface area contributed by atoms with Gasteiger partial charge in [0.25, 0.3) is 0 Å². The Balaban J connectivity index is 0.000000614. The average molecular weight is 815 g/mol. The molecule has 314 valence electrons. The Hall–Kier alpha value is 1.08. The van der Waals surface area contributed by atoms with Crippen LogP contribution in [0.25, 0.3) is 0 Å². The highest BCUT2D eigenvalue weighted by molar-refractivity contribution is 8.77. The molecule has 0 aromatic rings. The van der Waals surface area contributed by atoms with Crippen molar-refractivity contribution in [2.75, 3.05) is 23.0 Å². The van der Waals surface area contributed by atoms with Gasteiger partial charge in [0.05, 0.1) is 0 Å². The predicted octanol–water partition coefficient (Wildman–Crippen LogP) is 11.9. The molecule has 5 aliphatic rings. The average Bonchev–Trinajstić information content (AvgIpc) is 3.71. The topological polar surface area (TPSA) is 93.9 Å². The van der Waals surface area contributed by atoms with Crippen LogP contribution in [0, 0.1) is 0 Å².